The first-order chi connectivity index (χ1) is 8.83. The van der Waals surface area contributed by atoms with E-state index in [-0.39, 0.29) is 5.82 Å². The number of hydrogen-bond acceptors (Lipinski definition) is 2. The van der Waals surface area contributed by atoms with Crippen LogP contribution in [-0.4, -0.2) is 15.2 Å². The van der Waals surface area contributed by atoms with Crippen LogP contribution < -0.4 is 0 Å². The van der Waals surface area contributed by atoms with Crippen molar-refractivity contribution in [3.05, 3.63) is 35.9 Å². The van der Waals surface area contributed by atoms with Crippen LogP contribution in [0.5, 0.6) is 0 Å². The average Bonchev–Trinajstić information content (AvgIpc) is 2.89. The van der Waals surface area contributed by atoms with Crippen LogP contribution in [0.4, 0.5) is 4.39 Å². The molecule has 1 fully saturated rings. The van der Waals surface area contributed by atoms with Gasteiger partial charge in [-0.05, 0) is 25.0 Å². The van der Waals surface area contributed by atoms with Gasteiger partial charge in [-0.15, -0.1) is 0 Å². The van der Waals surface area contributed by atoms with E-state index >= 15 is 0 Å². The number of halogens is 1. The summed E-state index contributed by atoms with van der Waals surface area (Å²) >= 11 is 0. The molecule has 3 nitrogen and oxygen atoms in total. The van der Waals surface area contributed by atoms with Crippen molar-refractivity contribution in [3.8, 4) is 11.4 Å². The molecule has 1 saturated carbocycles. The lowest BCUT2D eigenvalue weighted by Gasteiger charge is -2.18. The molecular weight excluding hydrogens is 229 g/mol. The summed E-state index contributed by atoms with van der Waals surface area (Å²) in [4.78, 5) is 4.51. The molecule has 0 atom stereocenters. The van der Waals surface area contributed by atoms with Gasteiger partial charge in [0.05, 0.1) is 0 Å². The van der Waals surface area contributed by atoms with Gasteiger partial charge in [-0.1, -0.05) is 31.4 Å². The Hall–Kier alpha value is -1.71. The van der Waals surface area contributed by atoms with Crippen LogP contribution >= 0.6 is 0 Å². The third-order valence-electron chi connectivity index (χ3n) is 3.58. The van der Waals surface area contributed by atoms with Gasteiger partial charge in [0.1, 0.15) is 11.6 Å². The first kappa shape index (κ1) is 11.4. The predicted molar refractivity (Wildman–Crippen MR) is 67.6 cm³/mol. The molecule has 0 bridgehead atoms. The number of H-pyrrole nitrogens is 1. The van der Waals surface area contributed by atoms with E-state index in [1.807, 2.05) is 6.07 Å². The SMILES string of the molecule is Fc1cccc(-c2n[nH]c(C3CCCCC3)n2)c1. The summed E-state index contributed by atoms with van der Waals surface area (Å²) in [5.74, 6) is 1.79. The van der Waals surface area contributed by atoms with E-state index in [1.54, 1.807) is 6.07 Å². The van der Waals surface area contributed by atoms with Crippen LogP contribution in [0.3, 0.4) is 0 Å². The maximum Gasteiger partial charge on any atom is 0.181 e. The quantitative estimate of drug-likeness (QED) is 0.877. The number of benzene rings is 1. The van der Waals surface area contributed by atoms with Crippen molar-refractivity contribution < 1.29 is 4.39 Å². The van der Waals surface area contributed by atoms with Crippen molar-refractivity contribution in [2.75, 3.05) is 0 Å². The maximum atomic E-state index is 13.1. The zero-order valence-corrected chi connectivity index (χ0v) is 10.2. The molecule has 3 rings (SSSR count). The van der Waals surface area contributed by atoms with Crippen LogP contribution in [0.1, 0.15) is 43.8 Å². The Balaban J connectivity index is 1.84. The molecule has 0 amide bonds. The molecule has 0 saturated heterocycles. The lowest BCUT2D eigenvalue weighted by atomic mass is 9.89. The molecule has 1 aliphatic rings. The number of nitrogens with one attached hydrogen (secondary N) is 1. The smallest absolute Gasteiger partial charge is 0.181 e. The van der Waals surface area contributed by atoms with Crippen LogP contribution in [0.15, 0.2) is 24.3 Å². The number of rotatable bonds is 2. The number of aromatic amines is 1. The first-order valence-corrected chi connectivity index (χ1v) is 6.51. The van der Waals surface area contributed by atoms with Gasteiger partial charge in [-0.3, -0.25) is 5.10 Å². The predicted octanol–water partition coefficient (Wildman–Crippen LogP) is 3.66. The van der Waals surface area contributed by atoms with Gasteiger partial charge in [0.2, 0.25) is 0 Å². The Morgan fingerprint density at radius 2 is 2.00 bits per heavy atom. The zero-order chi connectivity index (χ0) is 12.4. The van der Waals surface area contributed by atoms with Crippen LogP contribution in [0, 0.1) is 5.82 Å². The topological polar surface area (TPSA) is 41.6 Å². The largest absolute Gasteiger partial charge is 0.262 e. The van der Waals surface area contributed by atoms with Gasteiger partial charge >= 0.3 is 0 Å². The van der Waals surface area contributed by atoms with Gasteiger partial charge in [0.25, 0.3) is 0 Å². The fraction of sp³-hybridized carbons (Fsp3) is 0.429. The molecule has 18 heavy (non-hydrogen) atoms. The van der Waals surface area contributed by atoms with Crippen LogP contribution in [0.25, 0.3) is 11.4 Å². The van der Waals surface area contributed by atoms with Crippen molar-refractivity contribution in [2.24, 2.45) is 0 Å². The van der Waals surface area contributed by atoms with E-state index in [0.717, 1.165) is 11.4 Å². The fourth-order valence-electron chi connectivity index (χ4n) is 2.59. The molecule has 0 radical (unpaired) electrons. The molecule has 1 aromatic carbocycles. The molecule has 1 heterocycles. The minimum Gasteiger partial charge on any atom is -0.262 e. The maximum absolute atomic E-state index is 13.1. The van der Waals surface area contributed by atoms with E-state index in [1.165, 1.54) is 44.2 Å². The lowest BCUT2D eigenvalue weighted by Crippen LogP contribution is -2.06. The van der Waals surface area contributed by atoms with E-state index in [0.29, 0.717) is 11.7 Å². The Morgan fingerprint density at radius 1 is 1.17 bits per heavy atom. The Bertz CT molecular complexity index is 529. The molecular formula is C14H16FN3. The van der Waals surface area contributed by atoms with Crippen molar-refractivity contribution in [1.29, 1.82) is 0 Å². The van der Waals surface area contributed by atoms with Crippen LogP contribution in [0.2, 0.25) is 0 Å². The number of aromatic nitrogens is 3. The second kappa shape index (κ2) is 4.88. The Morgan fingerprint density at radius 3 is 2.78 bits per heavy atom. The van der Waals surface area contributed by atoms with E-state index in [9.17, 15) is 4.39 Å². The zero-order valence-electron chi connectivity index (χ0n) is 10.2. The third-order valence-corrected chi connectivity index (χ3v) is 3.58. The van der Waals surface area contributed by atoms with Crippen molar-refractivity contribution in [2.45, 2.75) is 38.0 Å². The highest BCUT2D eigenvalue weighted by Gasteiger charge is 2.19. The highest BCUT2D eigenvalue weighted by atomic mass is 19.1. The van der Waals surface area contributed by atoms with Gasteiger partial charge in [0, 0.05) is 11.5 Å². The first-order valence-electron chi connectivity index (χ1n) is 6.51. The summed E-state index contributed by atoms with van der Waals surface area (Å²) in [7, 11) is 0. The second-order valence-electron chi connectivity index (χ2n) is 4.89. The van der Waals surface area contributed by atoms with Crippen molar-refractivity contribution in [1.82, 2.24) is 15.2 Å². The molecule has 0 unspecified atom stereocenters. The minimum absolute atomic E-state index is 0.253. The molecule has 0 aliphatic heterocycles. The normalized spacial score (nSPS) is 16.9. The summed E-state index contributed by atoms with van der Waals surface area (Å²) in [6.07, 6.45) is 6.21. The molecule has 4 heteroatoms. The summed E-state index contributed by atoms with van der Waals surface area (Å²) in [5, 5.41) is 7.21. The minimum atomic E-state index is -0.253. The average molecular weight is 245 g/mol. The van der Waals surface area contributed by atoms with Gasteiger partial charge < -0.3 is 0 Å². The fourth-order valence-corrected chi connectivity index (χ4v) is 2.59. The highest BCUT2D eigenvalue weighted by Crippen LogP contribution is 2.31. The summed E-state index contributed by atoms with van der Waals surface area (Å²) < 4.78 is 13.1. The van der Waals surface area contributed by atoms with E-state index in [4.69, 9.17) is 0 Å². The Labute approximate surface area is 105 Å². The lowest BCUT2D eigenvalue weighted by molar-refractivity contribution is 0.429. The molecule has 2 aromatic rings. The van der Waals surface area contributed by atoms with Gasteiger partial charge in [0.15, 0.2) is 5.82 Å². The molecule has 1 N–H and O–H groups in total. The van der Waals surface area contributed by atoms with Crippen molar-refractivity contribution in [3.63, 3.8) is 0 Å². The summed E-state index contributed by atoms with van der Waals surface area (Å²) in [5.41, 5.74) is 0.730. The Kier molecular flexibility index (Phi) is 3.09. The van der Waals surface area contributed by atoms with Crippen molar-refractivity contribution >= 4 is 0 Å². The second-order valence-corrected chi connectivity index (χ2v) is 4.89. The standard InChI is InChI=1S/C14H16FN3/c15-12-8-4-7-11(9-12)14-16-13(17-18-14)10-5-2-1-3-6-10/h4,7-10H,1-3,5-6H2,(H,16,17,18). The van der Waals surface area contributed by atoms with Gasteiger partial charge in [-0.25, -0.2) is 9.37 Å². The molecule has 94 valence electrons. The van der Waals surface area contributed by atoms with E-state index < -0.39 is 0 Å². The third kappa shape index (κ3) is 2.28. The number of hydrogen-bond donors (Lipinski definition) is 1. The van der Waals surface area contributed by atoms with Crippen LogP contribution in [-0.2, 0) is 0 Å². The summed E-state index contributed by atoms with van der Waals surface area (Å²) in [6, 6.07) is 6.41. The molecule has 1 aromatic heterocycles. The highest BCUT2D eigenvalue weighted by molar-refractivity contribution is 5.54. The molecule has 1 aliphatic carbocycles. The monoisotopic (exact) mass is 245 g/mol. The molecule has 0 spiro atoms. The summed E-state index contributed by atoms with van der Waals surface area (Å²) in [6.45, 7) is 0. The van der Waals surface area contributed by atoms with Gasteiger partial charge in [-0.2, -0.15) is 5.10 Å². The number of nitrogens with zero attached hydrogens (tertiary/aromatic N) is 2. The van der Waals surface area contributed by atoms with E-state index in [2.05, 4.69) is 15.2 Å².